The Hall–Kier alpha value is -0.860. The molecule has 17 heavy (non-hydrogen) atoms. The van der Waals surface area contributed by atoms with E-state index in [1.807, 2.05) is 0 Å². The highest BCUT2D eigenvalue weighted by Crippen LogP contribution is 2.34. The standard InChI is InChI=1S/C15H23NO/c1-9-7-10(2)14(11(3)8-9)15(16)13-5-6-17-12(13)4/h7-8,12-13,15H,5-6,16H2,1-4H3. The van der Waals surface area contributed by atoms with Gasteiger partial charge in [0.2, 0.25) is 0 Å². The fourth-order valence-electron chi connectivity index (χ4n) is 3.15. The number of hydrogen-bond donors (Lipinski definition) is 1. The van der Waals surface area contributed by atoms with E-state index >= 15 is 0 Å². The third kappa shape index (κ3) is 2.38. The normalized spacial score (nSPS) is 26.2. The van der Waals surface area contributed by atoms with Gasteiger partial charge in [-0.1, -0.05) is 17.7 Å². The summed E-state index contributed by atoms with van der Waals surface area (Å²) in [5.41, 5.74) is 11.7. The largest absolute Gasteiger partial charge is 0.378 e. The summed E-state index contributed by atoms with van der Waals surface area (Å²) in [7, 11) is 0. The van der Waals surface area contributed by atoms with E-state index in [0.29, 0.717) is 5.92 Å². The third-order valence-electron chi connectivity index (χ3n) is 3.97. The molecule has 1 heterocycles. The Morgan fingerprint density at radius 2 is 1.82 bits per heavy atom. The molecule has 0 amide bonds. The molecule has 94 valence electrons. The number of hydrogen-bond acceptors (Lipinski definition) is 2. The van der Waals surface area contributed by atoms with Crippen molar-refractivity contribution in [1.29, 1.82) is 0 Å². The van der Waals surface area contributed by atoms with E-state index < -0.39 is 0 Å². The van der Waals surface area contributed by atoms with E-state index in [1.54, 1.807) is 0 Å². The number of nitrogens with two attached hydrogens (primary N) is 1. The molecule has 0 bridgehead atoms. The molecule has 1 saturated heterocycles. The highest BCUT2D eigenvalue weighted by molar-refractivity contribution is 5.40. The molecule has 0 aromatic heterocycles. The lowest BCUT2D eigenvalue weighted by Gasteiger charge is -2.25. The minimum absolute atomic E-state index is 0.105. The van der Waals surface area contributed by atoms with Gasteiger partial charge in [0.15, 0.2) is 0 Å². The second-order valence-electron chi connectivity index (χ2n) is 5.37. The van der Waals surface area contributed by atoms with Crippen LogP contribution in [0.3, 0.4) is 0 Å². The Balaban J connectivity index is 2.33. The minimum Gasteiger partial charge on any atom is -0.378 e. The molecule has 0 spiro atoms. The van der Waals surface area contributed by atoms with Crippen molar-refractivity contribution in [3.8, 4) is 0 Å². The Morgan fingerprint density at radius 1 is 1.24 bits per heavy atom. The van der Waals surface area contributed by atoms with Gasteiger partial charge in [-0.25, -0.2) is 0 Å². The van der Waals surface area contributed by atoms with E-state index in [-0.39, 0.29) is 12.1 Å². The Kier molecular flexibility index (Phi) is 3.55. The van der Waals surface area contributed by atoms with E-state index in [2.05, 4.69) is 39.8 Å². The summed E-state index contributed by atoms with van der Waals surface area (Å²) in [6, 6.07) is 4.55. The van der Waals surface area contributed by atoms with Crippen LogP contribution in [0.4, 0.5) is 0 Å². The van der Waals surface area contributed by atoms with Gasteiger partial charge < -0.3 is 10.5 Å². The van der Waals surface area contributed by atoms with Crippen molar-refractivity contribution in [3.63, 3.8) is 0 Å². The second kappa shape index (κ2) is 4.79. The molecule has 0 aliphatic carbocycles. The zero-order valence-corrected chi connectivity index (χ0v) is 11.3. The van der Waals surface area contributed by atoms with Gasteiger partial charge in [0.05, 0.1) is 6.10 Å². The van der Waals surface area contributed by atoms with Gasteiger partial charge in [0.1, 0.15) is 0 Å². The van der Waals surface area contributed by atoms with Crippen molar-refractivity contribution >= 4 is 0 Å². The van der Waals surface area contributed by atoms with Crippen LogP contribution in [0.5, 0.6) is 0 Å². The maximum atomic E-state index is 6.46. The molecule has 2 N–H and O–H groups in total. The Bertz CT molecular complexity index is 390. The third-order valence-corrected chi connectivity index (χ3v) is 3.97. The molecule has 2 nitrogen and oxygen atoms in total. The Labute approximate surface area is 104 Å². The molecule has 1 fully saturated rings. The number of ether oxygens (including phenoxy) is 1. The smallest absolute Gasteiger partial charge is 0.0594 e. The van der Waals surface area contributed by atoms with Crippen LogP contribution in [0, 0.1) is 26.7 Å². The quantitative estimate of drug-likeness (QED) is 0.852. The van der Waals surface area contributed by atoms with E-state index in [4.69, 9.17) is 10.5 Å². The SMILES string of the molecule is Cc1cc(C)c(C(N)C2CCOC2C)c(C)c1. The number of rotatable bonds is 2. The van der Waals surface area contributed by atoms with Gasteiger partial charge in [0, 0.05) is 18.6 Å². The van der Waals surface area contributed by atoms with Crippen LogP contribution in [0.1, 0.15) is 41.6 Å². The molecule has 3 unspecified atom stereocenters. The van der Waals surface area contributed by atoms with Crippen molar-refractivity contribution in [2.75, 3.05) is 6.61 Å². The van der Waals surface area contributed by atoms with Gasteiger partial charge in [-0.15, -0.1) is 0 Å². The topological polar surface area (TPSA) is 35.2 Å². The monoisotopic (exact) mass is 233 g/mol. The molecule has 2 rings (SSSR count). The van der Waals surface area contributed by atoms with Crippen molar-refractivity contribution in [1.82, 2.24) is 0 Å². The fraction of sp³-hybridized carbons (Fsp3) is 0.600. The molecule has 1 aliphatic heterocycles. The summed E-state index contributed by atoms with van der Waals surface area (Å²) < 4.78 is 5.63. The first-order valence-corrected chi connectivity index (χ1v) is 6.45. The van der Waals surface area contributed by atoms with Gasteiger partial charge in [-0.05, 0) is 50.8 Å². The fourth-order valence-corrected chi connectivity index (χ4v) is 3.15. The average Bonchev–Trinajstić information content (AvgIpc) is 2.62. The van der Waals surface area contributed by atoms with Crippen LogP contribution in [0.15, 0.2) is 12.1 Å². The highest BCUT2D eigenvalue weighted by Gasteiger charge is 2.31. The van der Waals surface area contributed by atoms with E-state index in [9.17, 15) is 0 Å². The van der Waals surface area contributed by atoms with Crippen LogP contribution in [-0.2, 0) is 4.74 Å². The van der Waals surface area contributed by atoms with Crippen LogP contribution >= 0.6 is 0 Å². The van der Waals surface area contributed by atoms with Crippen molar-refractivity contribution < 1.29 is 4.74 Å². The molecule has 1 aliphatic rings. The number of aryl methyl sites for hydroxylation is 3. The van der Waals surface area contributed by atoms with E-state index in [0.717, 1.165) is 13.0 Å². The van der Waals surface area contributed by atoms with Crippen molar-refractivity contribution in [3.05, 3.63) is 34.4 Å². The van der Waals surface area contributed by atoms with Crippen LogP contribution in [0.25, 0.3) is 0 Å². The van der Waals surface area contributed by atoms with Gasteiger partial charge in [0.25, 0.3) is 0 Å². The lowest BCUT2D eigenvalue weighted by Crippen LogP contribution is -2.27. The summed E-state index contributed by atoms with van der Waals surface area (Å²) in [6.45, 7) is 9.45. The first-order chi connectivity index (χ1) is 8.00. The molecule has 2 heteroatoms. The first kappa shape index (κ1) is 12.6. The predicted molar refractivity (Wildman–Crippen MR) is 71.1 cm³/mol. The zero-order chi connectivity index (χ0) is 12.6. The van der Waals surface area contributed by atoms with Crippen LogP contribution < -0.4 is 5.73 Å². The zero-order valence-electron chi connectivity index (χ0n) is 11.3. The lowest BCUT2D eigenvalue weighted by molar-refractivity contribution is 0.0994. The first-order valence-electron chi connectivity index (χ1n) is 6.45. The lowest BCUT2D eigenvalue weighted by atomic mass is 9.84. The summed E-state index contributed by atoms with van der Waals surface area (Å²) in [5.74, 6) is 0.454. The van der Waals surface area contributed by atoms with Gasteiger partial charge >= 0.3 is 0 Å². The molecular formula is C15H23NO. The highest BCUT2D eigenvalue weighted by atomic mass is 16.5. The average molecular weight is 233 g/mol. The summed E-state index contributed by atoms with van der Waals surface area (Å²) in [5, 5.41) is 0. The molecule has 0 saturated carbocycles. The number of benzene rings is 1. The molecule has 1 aromatic rings. The maximum Gasteiger partial charge on any atom is 0.0594 e. The molecule has 0 radical (unpaired) electrons. The molecular weight excluding hydrogens is 210 g/mol. The Morgan fingerprint density at radius 3 is 2.29 bits per heavy atom. The van der Waals surface area contributed by atoms with Gasteiger partial charge in [-0.2, -0.15) is 0 Å². The summed E-state index contributed by atoms with van der Waals surface area (Å²) in [6.07, 6.45) is 1.36. The van der Waals surface area contributed by atoms with E-state index in [1.165, 1.54) is 22.3 Å². The van der Waals surface area contributed by atoms with Crippen molar-refractivity contribution in [2.24, 2.45) is 11.7 Å². The minimum atomic E-state index is 0.105. The molecule has 3 atom stereocenters. The molecule has 1 aromatic carbocycles. The second-order valence-corrected chi connectivity index (χ2v) is 5.37. The van der Waals surface area contributed by atoms with Crippen LogP contribution in [-0.4, -0.2) is 12.7 Å². The summed E-state index contributed by atoms with van der Waals surface area (Å²) in [4.78, 5) is 0. The predicted octanol–water partition coefficient (Wildman–Crippen LogP) is 3.04. The van der Waals surface area contributed by atoms with Crippen LogP contribution in [0.2, 0.25) is 0 Å². The van der Waals surface area contributed by atoms with Gasteiger partial charge in [-0.3, -0.25) is 0 Å². The van der Waals surface area contributed by atoms with Crippen molar-refractivity contribution in [2.45, 2.75) is 46.3 Å². The maximum absolute atomic E-state index is 6.46. The summed E-state index contributed by atoms with van der Waals surface area (Å²) >= 11 is 0.